The summed E-state index contributed by atoms with van der Waals surface area (Å²) in [5.41, 5.74) is 0. The average Bonchev–Trinajstić information content (AvgIpc) is 2.94. The van der Waals surface area contributed by atoms with Crippen molar-refractivity contribution in [2.24, 2.45) is 0 Å². The molecule has 2 aromatic rings. The van der Waals surface area contributed by atoms with E-state index in [1.165, 1.54) is 35.9 Å². The van der Waals surface area contributed by atoms with E-state index >= 15 is 0 Å². The van der Waals surface area contributed by atoms with Gasteiger partial charge in [0.1, 0.15) is 0 Å². The molecule has 0 spiro atoms. The maximum absolute atomic E-state index is 12.0. The summed E-state index contributed by atoms with van der Waals surface area (Å²) >= 11 is 6.40. The third kappa shape index (κ3) is 2.55. The molecule has 2 aromatic heterocycles. The Morgan fingerprint density at radius 3 is 3.11 bits per heavy atom. The molecule has 0 aliphatic heterocycles. The van der Waals surface area contributed by atoms with Gasteiger partial charge in [0.2, 0.25) is 0 Å². The molecule has 2 heterocycles. The number of thioether (sulfide) groups is 1. The van der Waals surface area contributed by atoms with Gasteiger partial charge in [-0.2, -0.15) is 0 Å². The van der Waals surface area contributed by atoms with E-state index < -0.39 is 0 Å². The average molecular weight is 343 g/mol. The van der Waals surface area contributed by atoms with Crippen molar-refractivity contribution in [1.29, 1.82) is 0 Å². The molecule has 0 bridgehead atoms. The van der Waals surface area contributed by atoms with Gasteiger partial charge in [-0.25, -0.2) is 4.98 Å². The van der Waals surface area contributed by atoms with Gasteiger partial charge in [-0.3, -0.25) is 4.79 Å². The largest absolute Gasteiger partial charge is 0.323 e. The van der Waals surface area contributed by atoms with Gasteiger partial charge >= 0.3 is 0 Å². The van der Waals surface area contributed by atoms with Crippen LogP contribution in [0.15, 0.2) is 33.5 Å². The fraction of sp³-hybridized carbons (Fsp3) is 0.333. The highest BCUT2D eigenvalue weighted by atomic mass is 79.9. The van der Waals surface area contributed by atoms with Crippen molar-refractivity contribution in [3.05, 3.63) is 33.2 Å². The normalized spacial score (nSPS) is 14.9. The second kappa shape index (κ2) is 5.19. The Labute approximate surface area is 122 Å². The summed E-state index contributed by atoms with van der Waals surface area (Å²) in [6.07, 6.45) is 6.28. The first-order chi connectivity index (χ1) is 8.75. The Morgan fingerprint density at radius 1 is 1.61 bits per heavy atom. The zero-order valence-corrected chi connectivity index (χ0v) is 12.7. The number of thiophene rings is 1. The highest BCUT2D eigenvalue weighted by Gasteiger charge is 2.25. The molecule has 1 aliphatic rings. The van der Waals surface area contributed by atoms with E-state index in [9.17, 15) is 4.79 Å². The van der Waals surface area contributed by atoms with Crippen LogP contribution in [0.3, 0.4) is 0 Å². The maximum Gasteiger partial charge on any atom is 0.184 e. The molecule has 6 heteroatoms. The molecule has 18 heavy (non-hydrogen) atoms. The van der Waals surface area contributed by atoms with Crippen molar-refractivity contribution in [3.63, 3.8) is 0 Å². The lowest BCUT2D eigenvalue weighted by molar-refractivity contribution is 0.102. The fourth-order valence-corrected chi connectivity index (χ4v) is 4.25. The van der Waals surface area contributed by atoms with Crippen molar-refractivity contribution < 1.29 is 4.79 Å². The molecule has 0 unspecified atom stereocenters. The van der Waals surface area contributed by atoms with Crippen molar-refractivity contribution in [2.45, 2.75) is 24.0 Å². The summed E-state index contributed by atoms with van der Waals surface area (Å²) in [6.45, 7) is 0. The van der Waals surface area contributed by atoms with Crippen LogP contribution in [0.1, 0.15) is 28.6 Å². The van der Waals surface area contributed by atoms with Crippen LogP contribution in [0.25, 0.3) is 0 Å². The van der Waals surface area contributed by atoms with Crippen molar-refractivity contribution in [1.82, 2.24) is 9.55 Å². The Balaban J connectivity index is 1.66. The van der Waals surface area contributed by atoms with Crippen LogP contribution in [-0.2, 0) is 0 Å². The second-order valence-electron chi connectivity index (χ2n) is 4.16. The number of ketones is 1. The molecule has 1 aliphatic carbocycles. The lowest BCUT2D eigenvalue weighted by atomic mass is 10.3. The first-order valence-electron chi connectivity index (χ1n) is 5.67. The summed E-state index contributed by atoms with van der Waals surface area (Å²) in [5, 5.41) is 2.88. The smallest absolute Gasteiger partial charge is 0.184 e. The van der Waals surface area contributed by atoms with Crippen molar-refractivity contribution in [3.8, 4) is 0 Å². The lowest BCUT2D eigenvalue weighted by Crippen LogP contribution is -2.03. The highest BCUT2D eigenvalue weighted by Crippen LogP contribution is 2.37. The van der Waals surface area contributed by atoms with Gasteiger partial charge in [0.15, 0.2) is 10.9 Å². The third-order valence-corrected chi connectivity index (χ3v) is 5.64. The number of hydrogen-bond acceptors (Lipinski definition) is 4. The summed E-state index contributed by atoms with van der Waals surface area (Å²) in [6, 6.07) is 2.52. The van der Waals surface area contributed by atoms with Crippen LogP contribution in [0.4, 0.5) is 0 Å². The molecule has 0 atom stereocenters. The van der Waals surface area contributed by atoms with Gasteiger partial charge in [0.25, 0.3) is 0 Å². The summed E-state index contributed by atoms with van der Waals surface area (Å²) < 4.78 is 3.07. The van der Waals surface area contributed by atoms with Crippen molar-refractivity contribution >= 4 is 44.8 Å². The first kappa shape index (κ1) is 12.4. The molecule has 1 saturated carbocycles. The Bertz CT molecular complexity index is 574. The minimum atomic E-state index is 0.159. The summed E-state index contributed by atoms with van der Waals surface area (Å²) in [7, 11) is 0. The lowest BCUT2D eigenvalue weighted by Gasteiger charge is -2.04. The van der Waals surface area contributed by atoms with E-state index in [0.29, 0.717) is 11.8 Å². The van der Waals surface area contributed by atoms with Crippen LogP contribution >= 0.6 is 39.0 Å². The van der Waals surface area contributed by atoms with E-state index in [-0.39, 0.29) is 5.78 Å². The number of hydrogen-bond donors (Lipinski definition) is 0. The molecule has 0 saturated heterocycles. The van der Waals surface area contributed by atoms with Crippen LogP contribution < -0.4 is 0 Å². The van der Waals surface area contributed by atoms with Crippen molar-refractivity contribution in [2.75, 3.05) is 5.75 Å². The van der Waals surface area contributed by atoms with Gasteiger partial charge in [-0.1, -0.05) is 11.8 Å². The second-order valence-corrected chi connectivity index (χ2v) is 6.87. The number of aromatic nitrogens is 2. The Hall–Kier alpha value is -0.590. The topological polar surface area (TPSA) is 34.9 Å². The van der Waals surface area contributed by atoms with E-state index in [1.54, 1.807) is 0 Å². The molecule has 0 radical (unpaired) electrons. The zero-order chi connectivity index (χ0) is 12.5. The molecule has 3 nitrogen and oxygen atoms in total. The minimum absolute atomic E-state index is 0.159. The number of halogens is 1. The van der Waals surface area contributed by atoms with Gasteiger partial charge < -0.3 is 4.57 Å². The van der Waals surface area contributed by atoms with Crippen LogP contribution in [-0.4, -0.2) is 21.1 Å². The van der Waals surface area contributed by atoms with E-state index in [2.05, 4.69) is 25.5 Å². The van der Waals surface area contributed by atoms with E-state index in [1.807, 2.05) is 23.8 Å². The molecule has 0 N–H and O–H groups in total. The fourth-order valence-electron chi connectivity index (χ4n) is 1.73. The predicted molar refractivity (Wildman–Crippen MR) is 77.6 cm³/mol. The Kier molecular flexibility index (Phi) is 3.59. The highest BCUT2D eigenvalue weighted by molar-refractivity contribution is 9.10. The van der Waals surface area contributed by atoms with Gasteiger partial charge in [-0.05, 0) is 40.2 Å². The third-order valence-electron chi connectivity index (χ3n) is 2.78. The molecule has 1 fully saturated rings. The van der Waals surface area contributed by atoms with Gasteiger partial charge in [-0.15, -0.1) is 11.3 Å². The quantitative estimate of drug-likeness (QED) is 0.608. The summed E-state index contributed by atoms with van der Waals surface area (Å²) in [4.78, 5) is 17.2. The molecule has 0 aromatic carbocycles. The molecular formula is C12H11BrN2OS2. The molecule has 3 rings (SSSR count). The predicted octanol–water partition coefficient (Wildman–Crippen LogP) is 4.02. The number of Topliss-reactive ketones (excluding diaryl/α,β-unsaturated/α-hetero) is 1. The standard InChI is InChI=1S/C12H11BrN2OS2/c13-9-3-6-17-11(9)10(16)7-18-12-14-4-5-15(12)8-1-2-8/h3-6,8H,1-2,7H2. The number of carbonyl (C=O) groups is 1. The minimum Gasteiger partial charge on any atom is -0.323 e. The number of rotatable bonds is 5. The van der Waals surface area contributed by atoms with Crippen LogP contribution in [0, 0.1) is 0 Å². The Morgan fingerprint density at radius 2 is 2.44 bits per heavy atom. The van der Waals surface area contributed by atoms with Gasteiger partial charge in [0.05, 0.1) is 10.6 Å². The SMILES string of the molecule is O=C(CSc1nccn1C1CC1)c1sccc1Br. The van der Waals surface area contributed by atoms with Gasteiger partial charge in [0, 0.05) is 22.9 Å². The number of imidazole rings is 1. The van der Waals surface area contributed by atoms with E-state index in [4.69, 9.17) is 0 Å². The summed E-state index contributed by atoms with van der Waals surface area (Å²) in [5.74, 6) is 0.607. The number of carbonyl (C=O) groups excluding carboxylic acids is 1. The molecule has 94 valence electrons. The van der Waals surface area contributed by atoms with Crippen LogP contribution in [0.5, 0.6) is 0 Å². The number of nitrogens with zero attached hydrogens (tertiary/aromatic N) is 2. The molecule has 0 amide bonds. The van der Waals surface area contributed by atoms with E-state index in [0.717, 1.165) is 14.5 Å². The molecular weight excluding hydrogens is 332 g/mol. The first-order valence-corrected chi connectivity index (χ1v) is 8.33. The maximum atomic E-state index is 12.0. The zero-order valence-electron chi connectivity index (χ0n) is 9.51. The monoisotopic (exact) mass is 342 g/mol. The van der Waals surface area contributed by atoms with Crippen LogP contribution in [0.2, 0.25) is 0 Å².